The van der Waals surface area contributed by atoms with Gasteiger partial charge in [-0.15, -0.1) is 12.4 Å². The second-order valence-electron chi connectivity index (χ2n) is 7.27. The van der Waals surface area contributed by atoms with Crippen LogP contribution < -0.4 is 15.4 Å². The van der Waals surface area contributed by atoms with Gasteiger partial charge >= 0.3 is 0 Å². The highest BCUT2D eigenvalue weighted by molar-refractivity contribution is 5.96. The predicted octanol–water partition coefficient (Wildman–Crippen LogP) is 4.54. The van der Waals surface area contributed by atoms with Crippen molar-refractivity contribution >= 4 is 24.0 Å². The lowest BCUT2D eigenvalue weighted by Gasteiger charge is -2.23. The fourth-order valence-corrected chi connectivity index (χ4v) is 3.88. The van der Waals surface area contributed by atoms with Gasteiger partial charge in [0.15, 0.2) is 5.75 Å². The van der Waals surface area contributed by atoms with Crippen LogP contribution in [0.25, 0.3) is 0 Å². The van der Waals surface area contributed by atoms with Crippen LogP contribution in [0.5, 0.6) is 11.5 Å². The quantitative estimate of drug-likeness (QED) is 0.828. The molecule has 1 aliphatic carbocycles. The van der Waals surface area contributed by atoms with Crippen LogP contribution in [0.1, 0.15) is 24.8 Å². The summed E-state index contributed by atoms with van der Waals surface area (Å²) < 4.78 is 6.00. The lowest BCUT2D eigenvalue weighted by molar-refractivity contribution is -0.118. The molecule has 1 saturated heterocycles. The summed E-state index contributed by atoms with van der Waals surface area (Å²) in [5.41, 5.74) is 2.12. The van der Waals surface area contributed by atoms with Crippen LogP contribution >= 0.6 is 12.4 Å². The van der Waals surface area contributed by atoms with E-state index in [1.165, 1.54) is 0 Å². The predicted molar refractivity (Wildman–Crippen MR) is 106 cm³/mol. The number of hydrogen-bond donors (Lipinski definition) is 2. The van der Waals surface area contributed by atoms with E-state index in [4.69, 9.17) is 4.74 Å². The van der Waals surface area contributed by atoms with Crippen LogP contribution in [0.4, 0.5) is 5.69 Å². The molecule has 26 heavy (non-hydrogen) atoms. The Hall–Kier alpha value is -2.04. The maximum Gasteiger partial charge on any atom is 0.228 e. The second-order valence-corrected chi connectivity index (χ2v) is 7.27. The van der Waals surface area contributed by atoms with Gasteiger partial charge in [-0.05, 0) is 74.5 Å². The highest BCUT2D eigenvalue weighted by Gasteiger charge is 2.57. The van der Waals surface area contributed by atoms with E-state index in [1.807, 2.05) is 55.5 Å². The first-order chi connectivity index (χ1) is 12.2. The number of para-hydroxylation sites is 2. The minimum atomic E-state index is 0. The van der Waals surface area contributed by atoms with Crippen LogP contribution in [-0.2, 0) is 4.79 Å². The molecule has 0 aromatic heterocycles. The summed E-state index contributed by atoms with van der Waals surface area (Å²) in [6.07, 6.45) is 3.22. The van der Waals surface area contributed by atoms with Gasteiger partial charge in [0.1, 0.15) is 5.75 Å². The highest BCUT2D eigenvalue weighted by Crippen LogP contribution is 2.58. The monoisotopic (exact) mass is 372 g/mol. The molecular formula is C21H25ClN2O2. The van der Waals surface area contributed by atoms with Gasteiger partial charge in [0.05, 0.1) is 5.69 Å². The molecule has 4 rings (SSSR count). The number of amides is 1. The minimum Gasteiger partial charge on any atom is -0.455 e. The Labute approximate surface area is 160 Å². The average molecular weight is 373 g/mol. The number of aryl methyl sites for hydroxylation is 1. The number of hydrogen-bond acceptors (Lipinski definition) is 3. The maximum atomic E-state index is 12.7. The third-order valence-electron chi connectivity index (χ3n) is 5.47. The standard InChI is InChI=1S/C21H24N2O2.ClH/c1-15-5-4-6-16(13-15)25-19-8-3-2-7-18(19)23-20(24)17-14-21(17)9-11-22-12-10-21;/h2-8,13,17,22H,9-12,14H2,1H3,(H,23,24);1H. The first kappa shape index (κ1) is 18.7. The second kappa shape index (κ2) is 7.68. The van der Waals surface area contributed by atoms with Crippen molar-refractivity contribution < 1.29 is 9.53 Å². The number of benzene rings is 2. The molecule has 138 valence electrons. The number of anilines is 1. The van der Waals surface area contributed by atoms with E-state index in [9.17, 15) is 4.79 Å². The van der Waals surface area contributed by atoms with Gasteiger partial charge in [0.2, 0.25) is 5.91 Å². The third-order valence-corrected chi connectivity index (χ3v) is 5.47. The summed E-state index contributed by atoms with van der Waals surface area (Å²) in [6.45, 7) is 4.08. The number of carbonyl (C=O) groups is 1. The SMILES string of the molecule is Cc1cccc(Oc2ccccc2NC(=O)C2CC23CCNCC3)c1.Cl. The van der Waals surface area contributed by atoms with Crippen LogP contribution in [0.3, 0.4) is 0 Å². The zero-order valence-corrected chi connectivity index (χ0v) is 15.8. The maximum absolute atomic E-state index is 12.7. The van der Waals surface area contributed by atoms with Crippen molar-refractivity contribution in [3.8, 4) is 11.5 Å². The van der Waals surface area contributed by atoms with E-state index in [-0.39, 0.29) is 29.6 Å². The molecule has 2 aliphatic rings. The van der Waals surface area contributed by atoms with Crippen LogP contribution in [0.15, 0.2) is 48.5 Å². The number of carbonyl (C=O) groups excluding carboxylic acids is 1. The summed E-state index contributed by atoms with van der Waals surface area (Å²) in [6, 6.07) is 15.6. The Bertz CT molecular complexity index is 787. The summed E-state index contributed by atoms with van der Waals surface area (Å²) >= 11 is 0. The molecule has 1 unspecified atom stereocenters. The first-order valence-electron chi connectivity index (χ1n) is 9.01. The summed E-state index contributed by atoms with van der Waals surface area (Å²) in [4.78, 5) is 12.7. The van der Waals surface area contributed by atoms with E-state index in [1.54, 1.807) is 0 Å². The third kappa shape index (κ3) is 3.87. The number of halogens is 1. The van der Waals surface area contributed by atoms with E-state index in [0.29, 0.717) is 5.75 Å². The van der Waals surface area contributed by atoms with Crippen molar-refractivity contribution in [1.82, 2.24) is 5.32 Å². The largest absolute Gasteiger partial charge is 0.455 e. The first-order valence-corrected chi connectivity index (χ1v) is 9.01. The molecule has 1 heterocycles. The van der Waals surface area contributed by atoms with Gasteiger partial charge in [-0.1, -0.05) is 24.3 Å². The Morgan fingerprint density at radius 3 is 2.69 bits per heavy atom. The van der Waals surface area contributed by atoms with Gasteiger partial charge in [-0.25, -0.2) is 0 Å². The Balaban J connectivity index is 0.00000196. The normalized spacial score (nSPS) is 20.1. The lowest BCUT2D eigenvalue weighted by atomic mass is 9.92. The van der Waals surface area contributed by atoms with Gasteiger partial charge in [-0.3, -0.25) is 4.79 Å². The molecular weight excluding hydrogens is 348 g/mol. The zero-order chi connectivity index (χ0) is 17.3. The zero-order valence-electron chi connectivity index (χ0n) is 15.0. The van der Waals surface area contributed by atoms with Crippen molar-refractivity contribution in [3.05, 3.63) is 54.1 Å². The van der Waals surface area contributed by atoms with Gasteiger partial charge in [-0.2, -0.15) is 0 Å². The Morgan fingerprint density at radius 1 is 1.15 bits per heavy atom. The molecule has 2 fully saturated rings. The van der Waals surface area contributed by atoms with Crippen molar-refractivity contribution in [2.75, 3.05) is 18.4 Å². The molecule has 1 aliphatic heterocycles. The Kier molecular flexibility index (Phi) is 5.54. The Morgan fingerprint density at radius 2 is 1.92 bits per heavy atom. The number of ether oxygens (including phenoxy) is 1. The van der Waals surface area contributed by atoms with Crippen molar-refractivity contribution in [1.29, 1.82) is 0 Å². The van der Waals surface area contributed by atoms with E-state index in [0.717, 1.165) is 49.4 Å². The molecule has 4 nitrogen and oxygen atoms in total. The molecule has 5 heteroatoms. The fraction of sp³-hybridized carbons (Fsp3) is 0.381. The van der Waals surface area contributed by atoms with E-state index in [2.05, 4.69) is 10.6 Å². The van der Waals surface area contributed by atoms with Crippen molar-refractivity contribution in [3.63, 3.8) is 0 Å². The smallest absolute Gasteiger partial charge is 0.228 e. The number of piperidine rings is 1. The lowest BCUT2D eigenvalue weighted by Crippen LogP contribution is -2.31. The molecule has 0 radical (unpaired) electrons. The number of rotatable bonds is 4. The van der Waals surface area contributed by atoms with Gasteiger partial charge in [0.25, 0.3) is 0 Å². The molecule has 2 N–H and O–H groups in total. The molecule has 1 atom stereocenters. The van der Waals surface area contributed by atoms with E-state index < -0.39 is 0 Å². The van der Waals surface area contributed by atoms with Crippen LogP contribution in [-0.4, -0.2) is 19.0 Å². The van der Waals surface area contributed by atoms with Crippen molar-refractivity contribution in [2.45, 2.75) is 26.2 Å². The van der Waals surface area contributed by atoms with Crippen LogP contribution in [0.2, 0.25) is 0 Å². The molecule has 1 spiro atoms. The van der Waals surface area contributed by atoms with Gasteiger partial charge in [0, 0.05) is 5.92 Å². The van der Waals surface area contributed by atoms with Crippen molar-refractivity contribution in [2.24, 2.45) is 11.3 Å². The summed E-state index contributed by atoms with van der Waals surface area (Å²) in [5.74, 6) is 1.73. The molecule has 1 amide bonds. The van der Waals surface area contributed by atoms with E-state index >= 15 is 0 Å². The van der Waals surface area contributed by atoms with Crippen LogP contribution in [0, 0.1) is 18.3 Å². The van der Waals surface area contributed by atoms with Gasteiger partial charge < -0.3 is 15.4 Å². The average Bonchev–Trinajstić information content (AvgIpc) is 3.30. The fourth-order valence-electron chi connectivity index (χ4n) is 3.88. The molecule has 2 aromatic carbocycles. The topological polar surface area (TPSA) is 50.4 Å². The summed E-state index contributed by atoms with van der Waals surface area (Å²) in [7, 11) is 0. The number of nitrogens with one attached hydrogen (secondary N) is 2. The highest BCUT2D eigenvalue weighted by atomic mass is 35.5. The minimum absolute atomic E-state index is 0. The molecule has 0 bridgehead atoms. The molecule has 2 aromatic rings. The summed E-state index contributed by atoms with van der Waals surface area (Å²) in [5, 5.41) is 6.47. The molecule has 1 saturated carbocycles.